The molecule has 0 radical (unpaired) electrons. The molecule has 1 aliphatic heterocycles. The second-order valence-corrected chi connectivity index (χ2v) is 7.86. The molecule has 1 fully saturated rings. The molecule has 32 heavy (non-hydrogen) atoms. The number of halogens is 3. The average molecular weight is 438 g/mol. The highest BCUT2D eigenvalue weighted by molar-refractivity contribution is 5.71. The van der Waals surface area contributed by atoms with E-state index in [1.807, 2.05) is 19.1 Å². The van der Waals surface area contributed by atoms with Gasteiger partial charge in [-0.15, -0.1) is 0 Å². The summed E-state index contributed by atoms with van der Waals surface area (Å²) in [5.74, 6) is -2.15. The second kappa shape index (κ2) is 10.2. The first kappa shape index (κ1) is 22.3. The summed E-state index contributed by atoms with van der Waals surface area (Å²) < 4.78 is 54.0. The zero-order valence-corrected chi connectivity index (χ0v) is 17.9. The molecule has 0 saturated carbocycles. The molecule has 3 aromatic rings. The van der Waals surface area contributed by atoms with Crippen molar-refractivity contribution in [1.29, 1.82) is 0 Å². The highest BCUT2D eigenvalue weighted by Gasteiger charge is 2.24. The van der Waals surface area contributed by atoms with Crippen LogP contribution in [0.2, 0.25) is 0 Å². The van der Waals surface area contributed by atoms with E-state index in [2.05, 4.69) is 6.08 Å². The normalized spacial score (nSPS) is 18.9. The molecule has 166 valence electrons. The highest BCUT2D eigenvalue weighted by Crippen LogP contribution is 2.31. The largest absolute Gasteiger partial charge is 0.352 e. The Morgan fingerprint density at radius 3 is 2.19 bits per heavy atom. The van der Waals surface area contributed by atoms with Crippen LogP contribution >= 0.6 is 0 Å². The second-order valence-electron chi connectivity index (χ2n) is 7.86. The van der Waals surface area contributed by atoms with Crippen LogP contribution in [0.25, 0.3) is 22.3 Å². The molecule has 5 heteroatoms. The molecule has 0 amide bonds. The van der Waals surface area contributed by atoms with Crippen LogP contribution in [0, 0.1) is 17.5 Å². The summed E-state index contributed by atoms with van der Waals surface area (Å²) >= 11 is 0. The lowest BCUT2D eigenvalue weighted by atomic mass is 9.95. The first-order chi connectivity index (χ1) is 15.6. The van der Waals surface area contributed by atoms with Crippen molar-refractivity contribution in [3.05, 3.63) is 95.8 Å². The maximum atomic E-state index is 14.9. The van der Waals surface area contributed by atoms with Crippen molar-refractivity contribution in [3.63, 3.8) is 0 Å². The predicted octanol–water partition coefficient (Wildman–Crippen LogP) is 7.25. The lowest BCUT2D eigenvalue weighted by molar-refractivity contribution is -0.189. The third kappa shape index (κ3) is 4.95. The highest BCUT2D eigenvalue weighted by atomic mass is 19.2. The van der Waals surface area contributed by atoms with E-state index in [4.69, 9.17) is 9.47 Å². The Labute approximate surface area is 186 Å². The predicted molar refractivity (Wildman–Crippen MR) is 120 cm³/mol. The molecule has 0 aromatic heterocycles. The minimum Gasteiger partial charge on any atom is -0.352 e. The van der Waals surface area contributed by atoms with Gasteiger partial charge in [-0.25, -0.2) is 13.2 Å². The van der Waals surface area contributed by atoms with Crippen molar-refractivity contribution in [3.8, 4) is 22.3 Å². The van der Waals surface area contributed by atoms with Gasteiger partial charge in [0.15, 0.2) is 17.9 Å². The van der Waals surface area contributed by atoms with Gasteiger partial charge in [0.2, 0.25) is 0 Å². The van der Waals surface area contributed by atoms with E-state index in [-0.39, 0.29) is 23.6 Å². The Kier molecular flexibility index (Phi) is 7.08. The van der Waals surface area contributed by atoms with E-state index in [1.54, 1.807) is 30.3 Å². The molecule has 0 aliphatic carbocycles. The van der Waals surface area contributed by atoms with Crippen LogP contribution in [-0.2, 0) is 9.47 Å². The molecule has 3 aromatic carbocycles. The van der Waals surface area contributed by atoms with Gasteiger partial charge in [0.25, 0.3) is 0 Å². The number of rotatable bonds is 6. The smallest absolute Gasteiger partial charge is 0.166 e. The topological polar surface area (TPSA) is 18.5 Å². The number of hydrogen-bond donors (Lipinski definition) is 0. The summed E-state index contributed by atoms with van der Waals surface area (Å²) in [6.07, 6.45) is 5.57. The Bertz CT molecular complexity index is 1080. The molecule has 0 bridgehead atoms. The minimum absolute atomic E-state index is 0.0187. The van der Waals surface area contributed by atoms with E-state index in [0.29, 0.717) is 29.9 Å². The van der Waals surface area contributed by atoms with Crippen molar-refractivity contribution in [2.24, 2.45) is 0 Å². The van der Waals surface area contributed by atoms with Gasteiger partial charge in [-0.05, 0) is 42.2 Å². The molecule has 0 unspecified atom stereocenters. The molecule has 0 atom stereocenters. The van der Waals surface area contributed by atoms with E-state index in [1.165, 1.54) is 18.2 Å². The molecule has 4 rings (SSSR count). The summed E-state index contributed by atoms with van der Waals surface area (Å²) in [4.78, 5) is 0. The van der Waals surface area contributed by atoms with Crippen molar-refractivity contribution in [2.75, 3.05) is 13.2 Å². The zero-order chi connectivity index (χ0) is 22.5. The van der Waals surface area contributed by atoms with Crippen LogP contribution in [0.5, 0.6) is 0 Å². The van der Waals surface area contributed by atoms with Crippen molar-refractivity contribution in [2.45, 2.75) is 32.0 Å². The fraction of sp³-hybridized carbons (Fsp3) is 0.259. The molecule has 1 heterocycles. The molecule has 0 spiro atoms. The Balaban J connectivity index is 1.45. The number of hydrogen-bond acceptors (Lipinski definition) is 2. The monoisotopic (exact) mass is 438 g/mol. The standard InChI is InChI=1S/C27H25F3O2/c1-2-3-4-8-26-31-16-21(17-32-26)20-13-14-22(25(29)15-20)18-9-11-19(12-10-18)23-6-5-7-24(28)27(23)30/h2-3,5-7,9-15,21,26H,4,8,16-17H2,1H3/b3-2+. The summed E-state index contributed by atoms with van der Waals surface area (Å²) in [6, 6.07) is 15.9. The molecule has 2 nitrogen and oxygen atoms in total. The van der Waals surface area contributed by atoms with E-state index in [9.17, 15) is 13.2 Å². The number of benzene rings is 3. The summed E-state index contributed by atoms with van der Waals surface area (Å²) in [5, 5.41) is 0. The van der Waals surface area contributed by atoms with Gasteiger partial charge in [0.1, 0.15) is 5.82 Å². The Morgan fingerprint density at radius 2 is 1.53 bits per heavy atom. The SMILES string of the molecule is C/C=C/CCC1OCC(c2ccc(-c3ccc(-c4cccc(F)c4F)cc3)c(F)c2)CO1. The van der Waals surface area contributed by atoms with Crippen molar-refractivity contribution >= 4 is 0 Å². The maximum absolute atomic E-state index is 14.9. The average Bonchev–Trinajstić information content (AvgIpc) is 2.82. The van der Waals surface area contributed by atoms with E-state index >= 15 is 0 Å². The third-order valence-corrected chi connectivity index (χ3v) is 5.69. The summed E-state index contributed by atoms with van der Waals surface area (Å²) in [5.41, 5.74) is 2.64. The van der Waals surface area contributed by atoms with Crippen LogP contribution in [0.3, 0.4) is 0 Å². The van der Waals surface area contributed by atoms with Crippen LogP contribution < -0.4 is 0 Å². The number of allylic oxidation sites excluding steroid dienone is 2. The quantitative estimate of drug-likeness (QED) is 0.377. The first-order valence-electron chi connectivity index (χ1n) is 10.8. The van der Waals surface area contributed by atoms with Gasteiger partial charge >= 0.3 is 0 Å². The van der Waals surface area contributed by atoms with Gasteiger partial charge in [-0.2, -0.15) is 0 Å². The van der Waals surface area contributed by atoms with E-state index < -0.39 is 11.6 Å². The lowest BCUT2D eigenvalue weighted by Crippen LogP contribution is -2.30. The van der Waals surface area contributed by atoms with Crippen LogP contribution in [0.15, 0.2) is 72.8 Å². The first-order valence-corrected chi connectivity index (χ1v) is 10.8. The fourth-order valence-corrected chi connectivity index (χ4v) is 3.88. The Hall–Kier alpha value is -2.89. The van der Waals surface area contributed by atoms with Crippen LogP contribution in [-0.4, -0.2) is 19.5 Å². The lowest BCUT2D eigenvalue weighted by Gasteiger charge is -2.29. The van der Waals surface area contributed by atoms with Gasteiger partial charge in [-0.3, -0.25) is 0 Å². The van der Waals surface area contributed by atoms with E-state index in [0.717, 1.165) is 24.5 Å². The molecule has 0 N–H and O–H groups in total. The minimum atomic E-state index is -0.895. The van der Waals surface area contributed by atoms with Gasteiger partial charge in [0, 0.05) is 23.5 Å². The molecule has 1 aliphatic rings. The third-order valence-electron chi connectivity index (χ3n) is 5.69. The molecular formula is C27H25F3O2. The zero-order valence-electron chi connectivity index (χ0n) is 17.9. The molecular weight excluding hydrogens is 413 g/mol. The van der Waals surface area contributed by atoms with Crippen molar-refractivity contribution < 1.29 is 22.6 Å². The van der Waals surface area contributed by atoms with Gasteiger partial charge in [0.05, 0.1) is 13.2 Å². The van der Waals surface area contributed by atoms with Crippen LogP contribution in [0.1, 0.15) is 31.2 Å². The fourth-order valence-electron chi connectivity index (χ4n) is 3.88. The maximum Gasteiger partial charge on any atom is 0.166 e. The number of ether oxygens (including phenoxy) is 2. The summed E-state index contributed by atoms with van der Waals surface area (Å²) in [7, 11) is 0. The van der Waals surface area contributed by atoms with Gasteiger partial charge in [-0.1, -0.05) is 60.7 Å². The molecule has 1 saturated heterocycles. The Morgan fingerprint density at radius 1 is 0.844 bits per heavy atom. The summed E-state index contributed by atoms with van der Waals surface area (Å²) in [6.45, 7) is 2.97. The van der Waals surface area contributed by atoms with Gasteiger partial charge < -0.3 is 9.47 Å². The van der Waals surface area contributed by atoms with Crippen LogP contribution in [0.4, 0.5) is 13.2 Å². The van der Waals surface area contributed by atoms with Crippen molar-refractivity contribution in [1.82, 2.24) is 0 Å².